The normalized spacial score (nSPS) is 10.8. The van der Waals surface area contributed by atoms with Crippen LogP contribution in [-0.4, -0.2) is 22.1 Å². The lowest BCUT2D eigenvalue weighted by molar-refractivity contribution is 0.0528. The van der Waals surface area contributed by atoms with Crippen molar-refractivity contribution in [3.05, 3.63) is 76.2 Å². The van der Waals surface area contributed by atoms with Gasteiger partial charge in [-0.1, -0.05) is 58.4 Å². The Labute approximate surface area is 180 Å². The molecule has 4 rings (SSSR count). The maximum absolute atomic E-state index is 12.6. The van der Waals surface area contributed by atoms with Gasteiger partial charge in [0.2, 0.25) is 0 Å². The Kier molecular flexibility index (Phi) is 5.51. The molecule has 2 N–H and O–H groups in total. The van der Waals surface area contributed by atoms with Crippen LogP contribution in [0.3, 0.4) is 0 Å². The van der Waals surface area contributed by atoms with E-state index >= 15 is 0 Å². The van der Waals surface area contributed by atoms with Crippen LogP contribution in [0.5, 0.6) is 0 Å². The fourth-order valence-corrected chi connectivity index (χ4v) is 4.15. The molecule has 29 heavy (non-hydrogen) atoms. The van der Waals surface area contributed by atoms with Crippen LogP contribution in [0.25, 0.3) is 27.5 Å². The van der Waals surface area contributed by atoms with Gasteiger partial charge in [0.05, 0.1) is 12.3 Å². The lowest BCUT2D eigenvalue weighted by Crippen LogP contribution is -2.09. The molecule has 2 heterocycles. The van der Waals surface area contributed by atoms with Gasteiger partial charge < -0.3 is 10.5 Å². The zero-order chi connectivity index (χ0) is 20.4. The number of nitrogens with zero attached hydrogens (tertiary/aromatic N) is 2. The van der Waals surface area contributed by atoms with E-state index in [1.54, 1.807) is 11.5 Å². The maximum atomic E-state index is 12.6. The number of halogens is 1. The van der Waals surface area contributed by atoms with E-state index in [4.69, 9.17) is 15.5 Å². The summed E-state index contributed by atoms with van der Waals surface area (Å²) in [5.74, 6) is -0.119. The standard InChI is InChI=1S/C22H18BrN3O2S/c1-2-28-21(27)19-17(14-6-4-3-5-7-14)12-26(20(19)24)22-25-18(13-29-22)15-8-10-16(23)11-9-15/h3-13H,2,24H2,1H3. The fraction of sp³-hybridized carbons (Fsp3) is 0.0909. The number of nitrogens with two attached hydrogens (primary N) is 1. The number of rotatable bonds is 5. The van der Waals surface area contributed by atoms with Gasteiger partial charge in [-0.15, -0.1) is 11.3 Å². The number of hydrogen-bond acceptors (Lipinski definition) is 5. The van der Waals surface area contributed by atoms with Crippen LogP contribution in [0.2, 0.25) is 0 Å². The molecule has 4 aromatic rings. The molecular weight excluding hydrogens is 450 g/mol. The van der Waals surface area contributed by atoms with Crippen molar-refractivity contribution in [2.75, 3.05) is 12.3 Å². The average molecular weight is 468 g/mol. The summed E-state index contributed by atoms with van der Waals surface area (Å²) in [4.78, 5) is 17.4. The second kappa shape index (κ2) is 8.23. The minimum absolute atomic E-state index is 0.280. The topological polar surface area (TPSA) is 70.1 Å². The van der Waals surface area contributed by atoms with Crippen molar-refractivity contribution in [3.63, 3.8) is 0 Å². The third-order valence-electron chi connectivity index (χ3n) is 4.45. The predicted octanol–water partition coefficient (Wildman–Crippen LogP) is 5.79. The quantitative estimate of drug-likeness (QED) is 0.377. The zero-order valence-corrected chi connectivity index (χ0v) is 18.0. The van der Waals surface area contributed by atoms with Gasteiger partial charge in [-0.2, -0.15) is 0 Å². The molecule has 0 atom stereocenters. The minimum Gasteiger partial charge on any atom is -0.462 e. The number of hydrogen-bond donors (Lipinski definition) is 1. The number of aromatic nitrogens is 2. The molecule has 0 fully saturated rings. The molecule has 0 aliphatic heterocycles. The van der Waals surface area contributed by atoms with Gasteiger partial charge in [-0.3, -0.25) is 4.57 Å². The molecule has 0 bridgehead atoms. The lowest BCUT2D eigenvalue weighted by Gasteiger charge is -2.05. The van der Waals surface area contributed by atoms with Crippen molar-refractivity contribution in [1.29, 1.82) is 0 Å². The largest absolute Gasteiger partial charge is 0.462 e. The first-order valence-electron chi connectivity index (χ1n) is 9.03. The molecule has 0 aliphatic carbocycles. The van der Waals surface area contributed by atoms with E-state index in [0.717, 1.165) is 26.9 Å². The number of thiazole rings is 1. The molecule has 2 aromatic carbocycles. The molecule has 5 nitrogen and oxygen atoms in total. The molecule has 7 heteroatoms. The van der Waals surface area contributed by atoms with E-state index in [0.29, 0.717) is 16.5 Å². The second-order valence-electron chi connectivity index (χ2n) is 6.28. The number of nitrogen functional groups attached to an aromatic ring is 1. The Bertz CT molecular complexity index is 1150. The van der Waals surface area contributed by atoms with Crippen LogP contribution in [0.1, 0.15) is 17.3 Å². The third kappa shape index (κ3) is 3.83. The summed E-state index contributed by atoms with van der Waals surface area (Å²) in [5, 5.41) is 2.66. The zero-order valence-electron chi connectivity index (χ0n) is 15.6. The van der Waals surface area contributed by atoms with Crippen LogP contribution in [-0.2, 0) is 4.74 Å². The van der Waals surface area contributed by atoms with Crippen molar-refractivity contribution < 1.29 is 9.53 Å². The highest BCUT2D eigenvalue weighted by Crippen LogP contribution is 2.34. The summed E-state index contributed by atoms with van der Waals surface area (Å²) in [7, 11) is 0. The van der Waals surface area contributed by atoms with Gasteiger partial charge in [0.25, 0.3) is 0 Å². The SMILES string of the molecule is CCOC(=O)c1c(-c2ccccc2)cn(-c2nc(-c3ccc(Br)cc3)cs2)c1N. The molecule has 2 aromatic heterocycles. The smallest absolute Gasteiger partial charge is 0.342 e. The highest BCUT2D eigenvalue weighted by Gasteiger charge is 2.24. The summed E-state index contributed by atoms with van der Waals surface area (Å²) >= 11 is 4.91. The molecule has 0 saturated heterocycles. The summed E-state index contributed by atoms with van der Waals surface area (Å²) < 4.78 is 8.02. The van der Waals surface area contributed by atoms with Gasteiger partial charge in [0.1, 0.15) is 11.4 Å². The van der Waals surface area contributed by atoms with Crippen molar-refractivity contribution in [3.8, 4) is 27.5 Å². The van der Waals surface area contributed by atoms with E-state index in [9.17, 15) is 4.79 Å². The van der Waals surface area contributed by atoms with Crippen LogP contribution >= 0.6 is 27.3 Å². The number of carbonyl (C=O) groups excluding carboxylic acids is 1. The molecule has 0 amide bonds. The number of carbonyl (C=O) groups is 1. The van der Waals surface area contributed by atoms with Gasteiger partial charge in [0, 0.05) is 27.2 Å². The van der Waals surface area contributed by atoms with Crippen molar-refractivity contribution in [1.82, 2.24) is 9.55 Å². The second-order valence-corrected chi connectivity index (χ2v) is 8.03. The number of esters is 1. The van der Waals surface area contributed by atoms with Crippen LogP contribution in [0.4, 0.5) is 5.82 Å². The van der Waals surface area contributed by atoms with E-state index < -0.39 is 5.97 Å². The molecule has 0 saturated carbocycles. The number of ether oxygens (including phenoxy) is 1. The van der Waals surface area contributed by atoms with Gasteiger partial charge in [0.15, 0.2) is 5.13 Å². The molecular formula is C22H18BrN3O2S. The van der Waals surface area contributed by atoms with Gasteiger partial charge in [-0.05, 0) is 24.6 Å². The Morgan fingerprint density at radius 3 is 2.55 bits per heavy atom. The molecule has 0 unspecified atom stereocenters. The third-order valence-corrected chi connectivity index (χ3v) is 5.81. The van der Waals surface area contributed by atoms with Gasteiger partial charge >= 0.3 is 5.97 Å². The Morgan fingerprint density at radius 1 is 1.14 bits per heavy atom. The first-order valence-corrected chi connectivity index (χ1v) is 10.7. The number of anilines is 1. The van der Waals surface area contributed by atoms with Crippen molar-refractivity contribution in [2.24, 2.45) is 0 Å². The Hall–Kier alpha value is -2.90. The van der Waals surface area contributed by atoms with Crippen LogP contribution < -0.4 is 5.73 Å². The van der Waals surface area contributed by atoms with Crippen molar-refractivity contribution in [2.45, 2.75) is 6.92 Å². The monoisotopic (exact) mass is 467 g/mol. The summed E-state index contributed by atoms with van der Waals surface area (Å²) in [6.45, 7) is 2.06. The number of benzene rings is 2. The van der Waals surface area contributed by atoms with E-state index in [1.165, 1.54) is 11.3 Å². The summed E-state index contributed by atoms with van der Waals surface area (Å²) in [6.07, 6.45) is 1.85. The van der Waals surface area contributed by atoms with E-state index in [-0.39, 0.29) is 6.61 Å². The first kappa shape index (κ1) is 19.4. The lowest BCUT2D eigenvalue weighted by atomic mass is 10.0. The fourth-order valence-electron chi connectivity index (χ4n) is 3.06. The van der Waals surface area contributed by atoms with Crippen LogP contribution in [0.15, 0.2) is 70.6 Å². The van der Waals surface area contributed by atoms with Gasteiger partial charge in [-0.25, -0.2) is 9.78 Å². The highest BCUT2D eigenvalue weighted by molar-refractivity contribution is 9.10. The molecule has 146 valence electrons. The average Bonchev–Trinajstić information content (AvgIpc) is 3.34. The minimum atomic E-state index is -0.438. The summed E-state index contributed by atoms with van der Waals surface area (Å²) in [5.41, 5.74) is 10.2. The van der Waals surface area contributed by atoms with Crippen LogP contribution in [0, 0.1) is 0 Å². The van der Waals surface area contributed by atoms with Crippen molar-refractivity contribution >= 4 is 39.1 Å². The Balaban J connectivity index is 1.81. The highest BCUT2D eigenvalue weighted by atomic mass is 79.9. The predicted molar refractivity (Wildman–Crippen MR) is 120 cm³/mol. The maximum Gasteiger partial charge on any atom is 0.342 e. The molecule has 0 aliphatic rings. The Morgan fingerprint density at radius 2 is 1.86 bits per heavy atom. The molecule has 0 radical (unpaired) electrons. The summed E-state index contributed by atoms with van der Waals surface area (Å²) in [6, 6.07) is 17.6. The first-order chi connectivity index (χ1) is 14.1. The van der Waals surface area contributed by atoms with E-state index in [2.05, 4.69) is 15.9 Å². The van der Waals surface area contributed by atoms with E-state index in [1.807, 2.05) is 66.2 Å². The molecule has 0 spiro atoms.